The number of hydrogen-bond acceptors (Lipinski definition) is 3. The van der Waals surface area contributed by atoms with E-state index in [9.17, 15) is 4.79 Å². The number of carboxylic acids is 1. The van der Waals surface area contributed by atoms with E-state index in [1.54, 1.807) is 31.4 Å². The summed E-state index contributed by atoms with van der Waals surface area (Å²) in [6.45, 7) is 0.211. The van der Waals surface area contributed by atoms with E-state index in [1.165, 1.54) is 0 Å². The van der Waals surface area contributed by atoms with Crippen molar-refractivity contribution >= 4 is 5.97 Å². The van der Waals surface area contributed by atoms with Crippen molar-refractivity contribution in [3.05, 3.63) is 29.8 Å². The smallest absolute Gasteiger partial charge is 0.325 e. The number of ether oxygens (including phenoxy) is 1. The molecule has 0 heterocycles. The van der Waals surface area contributed by atoms with Gasteiger partial charge in [0.1, 0.15) is 11.8 Å². The second-order valence-corrected chi connectivity index (χ2v) is 3.13. The number of rotatable bonds is 5. The predicted octanol–water partition coefficient (Wildman–Crippen LogP) is 1.04. The van der Waals surface area contributed by atoms with Crippen molar-refractivity contribution in [1.29, 1.82) is 0 Å². The van der Waals surface area contributed by atoms with Crippen LogP contribution in [0.4, 0.5) is 0 Å². The lowest BCUT2D eigenvalue weighted by Crippen LogP contribution is -2.28. The van der Waals surface area contributed by atoms with E-state index in [1.807, 2.05) is 0 Å². The van der Waals surface area contributed by atoms with Crippen LogP contribution in [0.1, 0.15) is 11.6 Å². The molecule has 84 valence electrons. The molecule has 0 spiro atoms. The summed E-state index contributed by atoms with van der Waals surface area (Å²) in [5.41, 5.74) is 0.642. The average molecular weight is 219 g/mol. The molecule has 0 aliphatic rings. The fourth-order valence-corrected chi connectivity index (χ4v) is 1.31. The summed E-state index contributed by atoms with van der Waals surface area (Å²) in [4.78, 5) is 11.0. The minimum atomic E-state index is -0.958. The molecule has 1 unspecified atom stereocenters. The third-order valence-corrected chi connectivity index (χ3v) is 2.10. The number of aliphatic carboxylic acids is 1. The second kappa shape index (κ2) is 5.79. The number of methoxy groups -OCH3 is 1. The molecule has 0 radical (unpaired) electrons. The van der Waals surface area contributed by atoms with E-state index in [-0.39, 0.29) is 6.54 Å². The van der Waals surface area contributed by atoms with Gasteiger partial charge in [-0.1, -0.05) is 18.1 Å². The molecule has 1 aromatic rings. The van der Waals surface area contributed by atoms with Gasteiger partial charge >= 0.3 is 5.97 Å². The molecule has 0 aromatic heterocycles. The zero-order valence-corrected chi connectivity index (χ0v) is 8.93. The molecule has 16 heavy (non-hydrogen) atoms. The van der Waals surface area contributed by atoms with E-state index < -0.39 is 12.0 Å². The first-order valence-electron chi connectivity index (χ1n) is 4.72. The van der Waals surface area contributed by atoms with E-state index in [0.29, 0.717) is 11.3 Å². The van der Waals surface area contributed by atoms with E-state index in [0.717, 1.165) is 0 Å². The lowest BCUT2D eigenvalue weighted by Gasteiger charge is -2.13. The fourth-order valence-electron chi connectivity index (χ4n) is 1.31. The maximum absolute atomic E-state index is 11.0. The van der Waals surface area contributed by atoms with Gasteiger partial charge in [-0.25, -0.2) is 0 Å². The Hall–Kier alpha value is -1.99. The van der Waals surface area contributed by atoms with Gasteiger partial charge in [-0.3, -0.25) is 10.1 Å². The highest BCUT2D eigenvalue weighted by molar-refractivity contribution is 5.75. The first kappa shape index (κ1) is 12.1. The molecule has 4 nitrogen and oxygen atoms in total. The van der Waals surface area contributed by atoms with Crippen molar-refractivity contribution in [2.24, 2.45) is 0 Å². The van der Waals surface area contributed by atoms with Gasteiger partial charge in [0.25, 0.3) is 0 Å². The van der Waals surface area contributed by atoms with Gasteiger partial charge in [0, 0.05) is 0 Å². The third kappa shape index (κ3) is 3.01. The van der Waals surface area contributed by atoms with Crippen LogP contribution in [0.15, 0.2) is 24.3 Å². The summed E-state index contributed by atoms with van der Waals surface area (Å²) in [5.74, 6) is 2.07. The van der Waals surface area contributed by atoms with Crippen LogP contribution in [0, 0.1) is 12.3 Å². The van der Waals surface area contributed by atoms with Crippen LogP contribution < -0.4 is 10.1 Å². The van der Waals surface area contributed by atoms with Crippen molar-refractivity contribution < 1.29 is 14.6 Å². The maximum Gasteiger partial charge on any atom is 0.325 e. The molecule has 0 saturated carbocycles. The summed E-state index contributed by atoms with van der Waals surface area (Å²) in [5, 5.41) is 11.8. The summed E-state index contributed by atoms with van der Waals surface area (Å²) in [6, 6.07) is 6.02. The standard InChI is InChI=1S/C12H13NO3/c1-3-8-13-11(12(14)15)9-4-6-10(16-2)7-5-9/h1,4-7,11,13H,8H2,2H3,(H,14,15). The Balaban J connectivity index is 2.84. The fraction of sp³-hybridized carbons (Fsp3) is 0.250. The molecule has 0 aliphatic heterocycles. The lowest BCUT2D eigenvalue weighted by molar-refractivity contribution is -0.139. The van der Waals surface area contributed by atoms with Crippen LogP contribution >= 0.6 is 0 Å². The van der Waals surface area contributed by atoms with Crippen LogP contribution in [0.3, 0.4) is 0 Å². The quantitative estimate of drug-likeness (QED) is 0.726. The lowest BCUT2D eigenvalue weighted by atomic mass is 10.1. The molecule has 4 heteroatoms. The van der Waals surface area contributed by atoms with Crippen molar-refractivity contribution in [1.82, 2.24) is 5.32 Å². The monoisotopic (exact) mass is 219 g/mol. The number of hydrogen-bond donors (Lipinski definition) is 2. The van der Waals surface area contributed by atoms with Crippen LogP contribution in [-0.2, 0) is 4.79 Å². The van der Waals surface area contributed by atoms with Gasteiger partial charge in [-0.2, -0.15) is 0 Å². The summed E-state index contributed by atoms with van der Waals surface area (Å²) in [6.07, 6.45) is 5.08. The Morgan fingerprint density at radius 2 is 2.19 bits per heavy atom. The van der Waals surface area contributed by atoms with Crippen molar-refractivity contribution in [2.75, 3.05) is 13.7 Å². The Labute approximate surface area is 94.2 Å². The van der Waals surface area contributed by atoms with Gasteiger partial charge in [0.15, 0.2) is 0 Å². The van der Waals surface area contributed by atoms with Crippen LogP contribution in [-0.4, -0.2) is 24.7 Å². The molecule has 1 atom stereocenters. The molecule has 0 bridgehead atoms. The highest BCUT2D eigenvalue weighted by Crippen LogP contribution is 2.17. The summed E-state index contributed by atoms with van der Waals surface area (Å²) >= 11 is 0. The van der Waals surface area contributed by atoms with Crippen LogP contribution in [0.25, 0.3) is 0 Å². The predicted molar refractivity (Wildman–Crippen MR) is 60.2 cm³/mol. The Morgan fingerprint density at radius 3 is 2.62 bits per heavy atom. The number of nitrogens with one attached hydrogen (secondary N) is 1. The highest BCUT2D eigenvalue weighted by Gasteiger charge is 2.18. The number of benzene rings is 1. The number of terminal acetylenes is 1. The van der Waals surface area contributed by atoms with Crippen molar-refractivity contribution in [3.63, 3.8) is 0 Å². The average Bonchev–Trinajstić information content (AvgIpc) is 2.30. The Kier molecular flexibility index (Phi) is 4.37. The van der Waals surface area contributed by atoms with Gasteiger partial charge < -0.3 is 9.84 Å². The SMILES string of the molecule is C#CCNC(C(=O)O)c1ccc(OC)cc1. The molecular weight excluding hydrogens is 206 g/mol. The van der Waals surface area contributed by atoms with Crippen LogP contribution in [0.2, 0.25) is 0 Å². The topological polar surface area (TPSA) is 58.6 Å². The second-order valence-electron chi connectivity index (χ2n) is 3.13. The summed E-state index contributed by atoms with van der Waals surface area (Å²) < 4.78 is 4.99. The number of carbonyl (C=O) groups is 1. The van der Waals surface area contributed by atoms with Gasteiger partial charge in [0.2, 0.25) is 0 Å². The first-order valence-corrected chi connectivity index (χ1v) is 4.72. The van der Waals surface area contributed by atoms with Gasteiger partial charge in [0.05, 0.1) is 13.7 Å². The van der Waals surface area contributed by atoms with Gasteiger partial charge in [-0.05, 0) is 17.7 Å². The van der Waals surface area contributed by atoms with Gasteiger partial charge in [-0.15, -0.1) is 6.42 Å². The van der Waals surface area contributed by atoms with Crippen molar-refractivity contribution in [2.45, 2.75) is 6.04 Å². The Bertz CT molecular complexity index is 392. The molecule has 0 aliphatic carbocycles. The molecule has 1 rings (SSSR count). The van der Waals surface area contributed by atoms with Crippen LogP contribution in [0.5, 0.6) is 5.75 Å². The minimum Gasteiger partial charge on any atom is -0.497 e. The molecule has 0 saturated heterocycles. The Morgan fingerprint density at radius 1 is 1.56 bits per heavy atom. The molecular formula is C12H13NO3. The molecule has 0 amide bonds. The maximum atomic E-state index is 11.0. The summed E-state index contributed by atoms with van der Waals surface area (Å²) in [7, 11) is 1.56. The normalized spacial score (nSPS) is 11.5. The third-order valence-electron chi connectivity index (χ3n) is 2.10. The number of carboxylic acid groups (broad SMARTS) is 1. The van der Waals surface area contributed by atoms with E-state index in [2.05, 4.69) is 11.2 Å². The van der Waals surface area contributed by atoms with E-state index >= 15 is 0 Å². The molecule has 0 fully saturated rings. The minimum absolute atomic E-state index is 0.211. The molecule has 1 aromatic carbocycles. The first-order chi connectivity index (χ1) is 7.69. The zero-order chi connectivity index (χ0) is 12.0. The molecule has 2 N–H and O–H groups in total. The van der Waals surface area contributed by atoms with Crippen molar-refractivity contribution in [3.8, 4) is 18.1 Å². The zero-order valence-electron chi connectivity index (χ0n) is 8.93. The highest BCUT2D eigenvalue weighted by atomic mass is 16.5. The largest absolute Gasteiger partial charge is 0.497 e. The van der Waals surface area contributed by atoms with E-state index in [4.69, 9.17) is 16.3 Å².